The van der Waals surface area contributed by atoms with Crippen LogP contribution in [0.5, 0.6) is 0 Å². The molecule has 74 valence electrons. The molecule has 1 aromatic rings. The van der Waals surface area contributed by atoms with Crippen LogP contribution in [0.4, 0.5) is 0 Å². The van der Waals surface area contributed by atoms with E-state index in [1.807, 2.05) is 32.0 Å². The van der Waals surface area contributed by atoms with E-state index in [1.165, 1.54) is 11.1 Å². The van der Waals surface area contributed by atoms with E-state index in [2.05, 4.69) is 11.4 Å². The first-order chi connectivity index (χ1) is 6.68. The summed E-state index contributed by atoms with van der Waals surface area (Å²) in [6.45, 7) is 3.98. The summed E-state index contributed by atoms with van der Waals surface area (Å²) in [5.41, 5.74) is 2.52. The molecule has 0 saturated carbocycles. The van der Waals surface area contributed by atoms with Gasteiger partial charge < -0.3 is 5.32 Å². The van der Waals surface area contributed by atoms with Crippen LogP contribution in [-0.2, 0) is 11.2 Å². The van der Waals surface area contributed by atoms with Crippen LogP contribution in [-0.4, -0.2) is 11.9 Å². The average molecular weight is 189 g/mol. The second kappa shape index (κ2) is 3.45. The van der Waals surface area contributed by atoms with Crippen LogP contribution < -0.4 is 5.32 Å². The van der Waals surface area contributed by atoms with Gasteiger partial charge in [-0.3, -0.25) is 4.79 Å². The Labute approximate surface area is 84.3 Å². The lowest BCUT2D eigenvalue weighted by Gasteiger charge is -2.29. The third-order valence-electron chi connectivity index (χ3n) is 2.60. The van der Waals surface area contributed by atoms with Crippen LogP contribution in [0.3, 0.4) is 0 Å². The number of nitrogens with one attached hydrogen (secondary N) is 1. The summed E-state index contributed by atoms with van der Waals surface area (Å²) >= 11 is 0. The minimum Gasteiger partial charge on any atom is -0.353 e. The van der Waals surface area contributed by atoms with Crippen molar-refractivity contribution < 1.29 is 4.79 Å². The van der Waals surface area contributed by atoms with Crippen LogP contribution in [0.1, 0.15) is 30.9 Å². The molecule has 0 heterocycles. The number of amides is 1. The van der Waals surface area contributed by atoms with Gasteiger partial charge in [-0.1, -0.05) is 24.3 Å². The maximum absolute atomic E-state index is 11.7. The standard InChI is InChI=1S/C12H15NO/c1-8(2)13-12(14)11-7-9-5-3-4-6-10(9)11/h3-6,8,11H,7H2,1-2H3,(H,13,14). The predicted molar refractivity (Wildman–Crippen MR) is 56.2 cm³/mol. The van der Waals surface area contributed by atoms with Gasteiger partial charge in [-0.05, 0) is 31.4 Å². The van der Waals surface area contributed by atoms with Gasteiger partial charge in [0.15, 0.2) is 0 Å². The average Bonchev–Trinajstić information content (AvgIpc) is 2.05. The van der Waals surface area contributed by atoms with Gasteiger partial charge >= 0.3 is 0 Å². The first-order valence-corrected chi connectivity index (χ1v) is 5.06. The molecule has 1 amide bonds. The first kappa shape index (κ1) is 9.25. The zero-order valence-corrected chi connectivity index (χ0v) is 8.58. The summed E-state index contributed by atoms with van der Waals surface area (Å²) < 4.78 is 0. The third-order valence-corrected chi connectivity index (χ3v) is 2.60. The fraction of sp³-hybridized carbons (Fsp3) is 0.417. The smallest absolute Gasteiger partial charge is 0.228 e. The normalized spacial score (nSPS) is 18.6. The molecule has 2 rings (SSSR count). The van der Waals surface area contributed by atoms with E-state index in [1.54, 1.807) is 0 Å². The van der Waals surface area contributed by atoms with Crippen LogP contribution >= 0.6 is 0 Å². The van der Waals surface area contributed by atoms with E-state index in [9.17, 15) is 4.79 Å². The first-order valence-electron chi connectivity index (χ1n) is 5.06. The van der Waals surface area contributed by atoms with Crippen LogP contribution in [0.2, 0.25) is 0 Å². The molecule has 14 heavy (non-hydrogen) atoms. The highest BCUT2D eigenvalue weighted by Crippen LogP contribution is 2.34. The quantitative estimate of drug-likeness (QED) is 0.755. The molecular formula is C12H15NO. The van der Waals surface area contributed by atoms with Crippen molar-refractivity contribution in [3.63, 3.8) is 0 Å². The largest absolute Gasteiger partial charge is 0.353 e. The fourth-order valence-electron chi connectivity index (χ4n) is 1.88. The highest BCUT2D eigenvalue weighted by molar-refractivity contribution is 5.86. The summed E-state index contributed by atoms with van der Waals surface area (Å²) in [6, 6.07) is 8.39. The number of fused-ring (bicyclic) bond motifs is 1. The maximum Gasteiger partial charge on any atom is 0.228 e. The molecule has 0 aromatic heterocycles. The van der Waals surface area contributed by atoms with Gasteiger partial charge in [0.1, 0.15) is 0 Å². The molecule has 1 atom stereocenters. The zero-order chi connectivity index (χ0) is 10.1. The maximum atomic E-state index is 11.7. The van der Waals surface area contributed by atoms with E-state index in [0.29, 0.717) is 0 Å². The number of carbonyl (C=O) groups is 1. The number of rotatable bonds is 2. The minimum absolute atomic E-state index is 0.0913. The Kier molecular flexibility index (Phi) is 2.28. The Bertz CT molecular complexity index is 357. The number of hydrogen-bond donors (Lipinski definition) is 1. The van der Waals surface area contributed by atoms with Gasteiger partial charge in [-0.15, -0.1) is 0 Å². The lowest BCUT2D eigenvalue weighted by molar-refractivity contribution is -0.123. The summed E-state index contributed by atoms with van der Waals surface area (Å²) in [4.78, 5) is 11.7. The Morgan fingerprint density at radius 1 is 1.43 bits per heavy atom. The minimum atomic E-state index is 0.0913. The molecule has 1 aromatic carbocycles. The summed E-state index contributed by atoms with van der Waals surface area (Å²) in [5.74, 6) is 0.257. The topological polar surface area (TPSA) is 29.1 Å². The van der Waals surface area contributed by atoms with Gasteiger partial charge in [-0.25, -0.2) is 0 Å². The lowest BCUT2D eigenvalue weighted by atomic mass is 9.77. The molecule has 0 bridgehead atoms. The predicted octanol–water partition coefficient (Wildman–Crippen LogP) is 1.85. The molecule has 0 radical (unpaired) electrons. The molecule has 0 fully saturated rings. The Hall–Kier alpha value is -1.31. The van der Waals surface area contributed by atoms with Gasteiger partial charge in [-0.2, -0.15) is 0 Å². The molecule has 0 aliphatic heterocycles. The number of carbonyl (C=O) groups excluding carboxylic acids is 1. The van der Waals surface area contributed by atoms with Gasteiger partial charge in [0.2, 0.25) is 5.91 Å². The van der Waals surface area contributed by atoms with E-state index in [-0.39, 0.29) is 17.9 Å². The molecule has 1 aliphatic rings. The molecule has 1 N–H and O–H groups in total. The van der Waals surface area contributed by atoms with Crippen molar-refractivity contribution in [3.8, 4) is 0 Å². The van der Waals surface area contributed by atoms with Crippen molar-refractivity contribution in [1.82, 2.24) is 5.32 Å². The van der Waals surface area contributed by atoms with E-state index in [0.717, 1.165) is 6.42 Å². The van der Waals surface area contributed by atoms with Crippen molar-refractivity contribution in [1.29, 1.82) is 0 Å². The van der Waals surface area contributed by atoms with Gasteiger partial charge in [0.25, 0.3) is 0 Å². The molecular weight excluding hydrogens is 174 g/mol. The molecule has 0 saturated heterocycles. The molecule has 1 aliphatic carbocycles. The van der Waals surface area contributed by atoms with E-state index in [4.69, 9.17) is 0 Å². The Morgan fingerprint density at radius 3 is 2.79 bits per heavy atom. The number of benzene rings is 1. The van der Waals surface area contributed by atoms with Crippen molar-refractivity contribution >= 4 is 5.91 Å². The van der Waals surface area contributed by atoms with Gasteiger partial charge in [0.05, 0.1) is 5.92 Å². The van der Waals surface area contributed by atoms with Crippen LogP contribution in [0, 0.1) is 0 Å². The molecule has 1 unspecified atom stereocenters. The number of hydrogen-bond acceptors (Lipinski definition) is 1. The highest BCUT2D eigenvalue weighted by atomic mass is 16.1. The summed E-state index contributed by atoms with van der Waals surface area (Å²) in [7, 11) is 0. The third kappa shape index (κ3) is 1.52. The summed E-state index contributed by atoms with van der Waals surface area (Å²) in [6.07, 6.45) is 0.898. The SMILES string of the molecule is CC(C)NC(=O)C1Cc2ccccc21. The van der Waals surface area contributed by atoms with Crippen molar-refractivity contribution in [2.45, 2.75) is 32.2 Å². The second-order valence-electron chi connectivity index (χ2n) is 4.12. The van der Waals surface area contributed by atoms with Crippen LogP contribution in [0.25, 0.3) is 0 Å². The van der Waals surface area contributed by atoms with Crippen LogP contribution in [0.15, 0.2) is 24.3 Å². The van der Waals surface area contributed by atoms with Crippen molar-refractivity contribution in [2.75, 3.05) is 0 Å². The van der Waals surface area contributed by atoms with Crippen molar-refractivity contribution in [3.05, 3.63) is 35.4 Å². The second-order valence-corrected chi connectivity index (χ2v) is 4.12. The fourth-order valence-corrected chi connectivity index (χ4v) is 1.88. The van der Waals surface area contributed by atoms with E-state index >= 15 is 0 Å². The molecule has 0 spiro atoms. The highest BCUT2D eigenvalue weighted by Gasteiger charge is 2.31. The van der Waals surface area contributed by atoms with E-state index < -0.39 is 0 Å². The lowest BCUT2D eigenvalue weighted by Crippen LogP contribution is -2.38. The van der Waals surface area contributed by atoms with Crippen molar-refractivity contribution in [2.24, 2.45) is 0 Å². The Balaban J connectivity index is 2.08. The zero-order valence-electron chi connectivity index (χ0n) is 8.58. The molecule has 2 nitrogen and oxygen atoms in total. The van der Waals surface area contributed by atoms with Gasteiger partial charge in [0, 0.05) is 6.04 Å². The molecule has 2 heteroatoms. The summed E-state index contributed by atoms with van der Waals surface area (Å²) in [5, 5.41) is 2.95. The monoisotopic (exact) mass is 189 g/mol. The Morgan fingerprint density at radius 2 is 2.14 bits per heavy atom.